The maximum absolute atomic E-state index is 14.3. The van der Waals surface area contributed by atoms with E-state index in [1.807, 2.05) is 18.2 Å². The summed E-state index contributed by atoms with van der Waals surface area (Å²) < 4.78 is 46.9. The fraction of sp³-hybridized carbons (Fsp3) is 0.103. The zero-order valence-corrected chi connectivity index (χ0v) is 17.9. The molecular formula is C29H19F3O. The first kappa shape index (κ1) is 22.2. The van der Waals surface area contributed by atoms with Gasteiger partial charge in [-0.3, -0.25) is 0 Å². The highest BCUT2D eigenvalue weighted by Gasteiger charge is 2.09. The van der Waals surface area contributed by atoms with Crippen molar-refractivity contribution < 1.29 is 17.9 Å². The van der Waals surface area contributed by atoms with Gasteiger partial charge in [0.05, 0.1) is 12.2 Å². The van der Waals surface area contributed by atoms with Crippen LogP contribution in [0.15, 0.2) is 72.8 Å². The third-order valence-electron chi connectivity index (χ3n) is 5.10. The van der Waals surface area contributed by atoms with Crippen molar-refractivity contribution in [3.63, 3.8) is 0 Å². The summed E-state index contributed by atoms with van der Waals surface area (Å²) in [7, 11) is 1.54. The van der Waals surface area contributed by atoms with Gasteiger partial charge in [-0.15, -0.1) is 0 Å². The van der Waals surface area contributed by atoms with E-state index in [4.69, 9.17) is 4.74 Å². The Bertz CT molecular complexity index is 1410. The molecule has 0 heterocycles. The first-order chi connectivity index (χ1) is 16.0. The number of ether oxygens (including phenoxy) is 1. The zero-order chi connectivity index (χ0) is 23.2. The predicted octanol–water partition coefficient (Wildman–Crippen LogP) is 6.25. The van der Waals surface area contributed by atoms with E-state index in [9.17, 15) is 13.2 Å². The van der Waals surface area contributed by atoms with Gasteiger partial charge in [-0.1, -0.05) is 41.9 Å². The average Bonchev–Trinajstić information content (AvgIpc) is 2.81. The second-order valence-corrected chi connectivity index (χ2v) is 7.43. The molecule has 0 N–H and O–H groups in total. The van der Waals surface area contributed by atoms with Crippen molar-refractivity contribution in [3.05, 3.63) is 118 Å². The Kier molecular flexibility index (Phi) is 6.79. The van der Waals surface area contributed by atoms with E-state index in [0.717, 1.165) is 21.9 Å². The smallest absolute Gasteiger partial charge is 0.142 e. The summed E-state index contributed by atoms with van der Waals surface area (Å²) >= 11 is 0. The topological polar surface area (TPSA) is 9.23 Å². The van der Waals surface area contributed by atoms with Crippen LogP contribution in [0, 0.1) is 41.1 Å². The second-order valence-electron chi connectivity index (χ2n) is 7.43. The Hall–Kier alpha value is -3.99. The molecule has 0 saturated carbocycles. The largest absolute Gasteiger partial charge is 0.384 e. The van der Waals surface area contributed by atoms with Crippen LogP contribution in [-0.4, -0.2) is 13.7 Å². The molecule has 4 aromatic rings. The molecule has 4 aromatic carbocycles. The molecule has 0 aliphatic carbocycles. The maximum Gasteiger partial charge on any atom is 0.142 e. The lowest BCUT2D eigenvalue weighted by Crippen LogP contribution is -1.99. The molecule has 1 nitrogen and oxygen atoms in total. The van der Waals surface area contributed by atoms with E-state index in [-0.39, 0.29) is 11.4 Å². The van der Waals surface area contributed by atoms with Gasteiger partial charge in [0.1, 0.15) is 17.5 Å². The Morgan fingerprint density at radius 3 is 2.06 bits per heavy atom. The van der Waals surface area contributed by atoms with Crippen molar-refractivity contribution in [1.82, 2.24) is 0 Å². The van der Waals surface area contributed by atoms with Crippen molar-refractivity contribution in [3.8, 4) is 23.7 Å². The lowest BCUT2D eigenvalue weighted by atomic mass is 10.0. The predicted molar refractivity (Wildman–Crippen MR) is 124 cm³/mol. The van der Waals surface area contributed by atoms with Crippen molar-refractivity contribution >= 4 is 10.8 Å². The number of rotatable bonds is 3. The van der Waals surface area contributed by atoms with E-state index >= 15 is 0 Å². The number of hydrogen-bond donors (Lipinski definition) is 0. The lowest BCUT2D eigenvalue weighted by Gasteiger charge is -2.03. The van der Waals surface area contributed by atoms with Gasteiger partial charge in [0.25, 0.3) is 0 Å². The highest BCUT2D eigenvalue weighted by molar-refractivity contribution is 5.88. The van der Waals surface area contributed by atoms with Crippen molar-refractivity contribution in [2.45, 2.75) is 6.42 Å². The molecule has 0 bridgehead atoms. The molecular weight excluding hydrogens is 421 g/mol. The second kappa shape index (κ2) is 10.1. The molecule has 0 aliphatic rings. The van der Waals surface area contributed by atoms with Gasteiger partial charge in [0.15, 0.2) is 0 Å². The van der Waals surface area contributed by atoms with Crippen LogP contribution in [0.25, 0.3) is 10.8 Å². The van der Waals surface area contributed by atoms with Crippen LogP contribution >= 0.6 is 0 Å². The molecule has 33 heavy (non-hydrogen) atoms. The Morgan fingerprint density at radius 2 is 1.39 bits per heavy atom. The Morgan fingerprint density at radius 1 is 0.727 bits per heavy atom. The summed E-state index contributed by atoms with van der Waals surface area (Å²) in [4.78, 5) is 0. The standard InChI is InChI=1S/C29H19F3O/c1-33-16-15-22-17-28(31)27(29(32)18-22)13-10-21-7-5-20(6-8-21)9-11-23-3-2-4-24-19-25(30)12-14-26(23)24/h2-8,12,14,17-19H,15-16H2,1H3. The van der Waals surface area contributed by atoms with E-state index in [1.54, 1.807) is 30.3 Å². The number of halogens is 3. The number of methoxy groups -OCH3 is 1. The molecule has 0 radical (unpaired) electrons. The molecule has 0 amide bonds. The minimum atomic E-state index is -0.689. The Labute approximate surface area is 190 Å². The lowest BCUT2D eigenvalue weighted by molar-refractivity contribution is 0.202. The molecule has 0 spiro atoms. The molecule has 0 saturated heterocycles. The number of benzene rings is 4. The van der Waals surface area contributed by atoms with Gasteiger partial charge in [-0.05, 0) is 77.4 Å². The first-order valence-corrected chi connectivity index (χ1v) is 10.3. The van der Waals surface area contributed by atoms with Crippen molar-refractivity contribution in [2.75, 3.05) is 13.7 Å². The molecule has 0 aliphatic heterocycles. The fourth-order valence-electron chi connectivity index (χ4n) is 3.38. The number of fused-ring (bicyclic) bond motifs is 1. The van der Waals surface area contributed by atoms with E-state index in [0.29, 0.717) is 24.2 Å². The summed E-state index contributed by atoms with van der Waals surface area (Å²) in [5.74, 6) is 9.93. The van der Waals surface area contributed by atoms with E-state index < -0.39 is 11.6 Å². The van der Waals surface area contributed by atoms with Crippen LogP contribution in [0.3, 0.4) is 0 Å². The summed E-state index contributed by atoms with van der Waals surface area (Å²) in [5, 5.41) is 1.67. The molecule has 0 aromatic heterocycles. The molecule has 162 valence electrons. The minimum Gasteiger partial charge on any atom is -0.384 e. The normalized spacial score (nSPS) is 10.3. The summed E-state index contributed by atoms with van der Waals surface area (Å²) in [6.45, 7) is 0.387. The first-order valence-electron chi connectivity index (χ1n) is 10.3. The fourth-order valence-corrected chi connectivity index (χ4v) is 3.38. The van der Waals surface area contributed by atoms with Crippen LogP contribution in [0.1, 0.15) is 27.8 Å². The number of hydrogen-bond acceptors (Lipinski definition) is 1. The SMILES string of the molecule is COCCc1cc(F)c(C#Cc2ccc(C#Cc3cccc4cc(F)ccc34)cc2)c(F)c1. The van der Waals surface area contributed by atoms with Crippen LogP contribution in [0.4, 0.5) is 13.2 Å². The molecule has 0 atom stereocenters. The maximum atomic E-state index is 14.3. The third kappa shape index (κ3) is 5.44. The van der Waals surface area contributed by atoms with Gasteiger partial charge in [-0.25, -0.2) is 13.2 Å². The molecule has 4 rings (SSSR count). The monoisotopic (exact) mass is 440 g/mol. The quantitative estimate of drug-likeness (QED) is 0.343. The molecule has 4 heteroatoms. The van der Waals surface area contributed by atoms with E-state index in [2.05, 4.69) is 23.7 Å². The zero-order valence-electron chi connectivity index (χ0n) is 17.9. The van der Waals surface area contributed by atoms with Crippen LogP contribution in [0.2, 0.25) is 0 Å². The van der Waals surface area contributed by atoms with Crippen LogP contribution < -0.4 is 0 Å². The highest BCUT2D eigenvalue weighted by atomic mass is 19.1. The Balaban J connectivity index is 1.53. The summed E-state index contributed by atoms with van der Waals surface area (Å²) in [6.07, 6.45) is 0.427. The van der Waals surface area contributed by atoms with E-state index in [1.165, 1.54) is 31.4 Å². The van der Waals surface area contributed by atoms with Gasteiger partial charge >= 0.3 is 0 Å². The van der Waals surface area contributed by atoms with Gasteiger partial charge in [-0.2, -0.15) is 0 Å². The van der Waals surface area contributed by atoms with Gasteiger partial charge < -0.3 is 4.74 Å². The van der Waals surface area contributed by atoms with Gasteiger partial charge in [0.2, 0.25) is 0 Å². The molecule has 0 unspecified atom stereocenters. The average molecular weight is 440 g/mol. The van der Waals surface area contributed by atoms with Gasteiger partial charge in [0, 0.05) is 23.8 Å². The van der Waals surface area contributed by atoms with Crippen molar-refractivity contribution in [1.29, 1.82) is 0 Å². The van der Waals surface area contributed by atoms with Crippen LogP contribution in [0.5, 0.6) is 0 Å². The third-order valence-corrected chi connectivity index (χ3v) is 5.10. The summed E-state index contributed by atoms with van der Waals surface area (Å²) in [5.41, 5.74) is 2.45. The van der Waals surface area contributed by atoms with Crippen LogP contribution in [-0.2, 0) is 11.2 Å². The summed E-state index contributed by atoms with van der Waals surface area (Å²) in [6, 6.07) is 19.8. The molecule has 0 fully saturated rings. The van der Waals surface area contributed by atoms with Crippen molar-refractivity contribution in [2.24, 2.45) is 0 Å². The highest BCUT2D eigenvalue weighted by Crippen LogP contribution is 2.19. The minimum absolute atomic E-state index is 0.257.